The zero-order chi connectivity index (χ0) is 17.8. The summed E-state index contributed by atoms with van der Waals surface area (Å²) in [5, 5.41) is 7.47. The Kier molecular flexibility index (Phi) is 4.79. The molecule has 0 bridgehead atoms. The van der Waals surface area contributed by atoms with Crippen molar-refractivity contribution in [3.05, 3.63) is 59.8 Å². The van der Waals surface area contributed by atoms with Gasteiger partial charge in [-0.25, -0.2) is 4.98 Å². The molecule has 1 amide bonds. The second-order valence-corrected chi connectivity index (χ2v) is 5.56. The second kappa shape index (κ2) is 7.17. The lowest BCUT2D eigenvalue weighted by Crippen LogP contribution is -2.17. The molecule has 0 aliphatic heterocycles. The number of hydrogen-bond donors (Lipinski definition) is 1. The van der Waals surface area contributed by atoms with Crippen LogP contribution in [0.4, 0.5) is 5.82 Å². The Balaban J connectivity index is 1.92. The number of aromatic nitrogens is 3. The number of anilines is 1. The summed E-state index contributed by atoms with van der Waals surface area (Å²) in [4.78, 5) is 16.8. The lowest BCUT2D eigenvalue weighted by molar-refractivity contribution is 0.102. The highest BCUT2D eigenvalue weighted by Gasteiger charge is 2.19. The molecule has 0 radical (unpaired) electrons. The van der Waals surface area contributed by atoms with E-state index in [1.54, 1.807) is 23.0 Å². The fourth-order valence-electron chi connectivity index (χ4n) is 2.67. The zero-order valence-corrected chi connectivity index (χ0v) is 14.5. The molecule has 1 N–H and O–H groups in total. The molecule has 0 unspecified atom stereocenters. The number of nitrogens with one attached hydrogen (secondary N) is 1. The Morgan fingerprint density at radius 1 is 1.20 bits per heavy atom. The van der Waals surface area contributed by atoms with Crippen molar-refractivity contribution in [2.75, 3.05) is 11.9 Å². The predicted octanol–water partition coefficient (Wildman–Crippen LogP) is 3.44. The van der Waals surface area contributed by atoms with Gasteiger partial charge in [-0.05, 0) is 26.0 Å². The Hall–Kier alpha value is -3.15. The fourth-order valence-corrected chi connectivity index (χ4v) is 2.67. The quantitative estimate of drug-likeness (QED) is 0.775. The summed E-state index contributed by atoms with van der Waals surface area (Å²) in [5.41, 5.74) is 3.15. The van der Waals surface area contributed by atoms with Gasteiger partial charge in [0, 0.05) is 24.4 Å². The first-order chi connectivity index (χ1) is 12.1. The smallest absolute Gasteiger partial charge is 0.262 e. The van der Waals surface area contributed by atoms with E-state index in [1.165, 1.54) is 0 Å². The van der Waals surface area contributed by atoms with Crippen molar-refractivity contribution in [1.82, 2.24) is 14.8 Å². The van der Waals surface area contributed by atoms with Gasteiger partial charge in [0.25, 0.3) is 5.91 Å². The SMILES string of the molecule is CCOc1ncccc1C(=O)Nc1c(C)c(-c2ccccc2)nn1C. The molecule has 6 heteroatoms. The van der Waals surface area contributed by atoms with Gasteiger partial charge in [0.15, 0.2) is 0 Å². The minimum Gasteiger partial charge on any atom is -0.477 e. The molecule has 128 valence electrons. The summed E-state index contributed by atoms with van der Waals surface area (Å²) in [6.07, 6.45) is 1.60. The monoisotopic (exact) mass is 336 g/mol. The van der Waals surface area contributed by atoms with E-state index in [9.17, 15) is 4.79 Å². The predicted molar refractivity (Wildman–Crippen MR) is 96.7 cm³/mol. The molecule has 2 heterocycles. The van der Waals surface area contributed by atoms with E-state index in [0.29, 0.717) is 23.9 Å². The number of carbonyl (C=O) groups is 1. The first kappa shape index (κ1) is 16.7. The minimum atomic E-state index is -0.276. The fraction of sp³-hybridized carbons (Fsp3) is 0.211. The third-order valence-electron chi connectivity index (χ3n) is 3.86. The molecule has 1 aromatic carbocycles. The van der Waals surface area contributed by atoms with Gasteiger partial charge in [-0.1, -0.05) is 30.3 Å². The molecule has 0 aliphatic carbocycles. The number of benzene rings is 1. The number of nitrogens with zero attached hydrogens (tertiary/aromatic N) is 3. The maximum Gasteiger partial charge on any atom is 0.262 e. The molecular weight excluding hydrogens is 316 g/mol. The molecule has 0 saturated heterocycles. The van der Waals surface area contributed by atoms with Crippen LogP contribution >= 0.6 is 0 Å². The number of ether oxygens (including phenoxy) is 1. The standard InChI is InChI=1S/C19H20N4O2/c1-4-25-19-15(11-8-12-20-19)18(24)21-17-13(2)16(22-23(17)3)14-9-6-5-7-10-14/h5-12H,4H2,1-3H3,(H,21,24). The average molecular weight is 336 g/mol. The Morgan fingerprint density at radius 2 is 1.96 bits per heavy atom. The Morgan fingerprint density at radius 3 is 2.68 bits per heavy atom. The number of amides is 1. The van der Waals surface area contributed by atoms with Gasteiger partial charge < -0.3 is 10.1 Å². The molecular formula is C19H20N4O2. The van der Waals surface area contributed by atoms with Gasteiger partial charge in [-0.2, -0.15) is 5.10 Å². The summed E-state index contributed by atoms with van der Waals surface area (Å²) in [6, 6.07) is 13.3. The van der Waals surface area contributed by atoms with Crippen molar-refractivity contribution < 1.29 is 9.53 Å². The summed E-state index contributed by atoms with van der Waals surface area (Å²) < 4.78 is 7.11. The average Bonchev–Trinajstić information content (AvgIpc) is 2.91. The van der Waals surface area contributed by atoms with E-state index in [-0.39, 0.29) is 5.91 Å². The molecule has 0 atom stereocenters. The van der Waals surface area contributed by atoms with Crippen molar-refractivity contribution in [3.63, 3.8) is 0 Å². The third kappa shape index (κ3) is 3.38. The Bertz CT molecular complexity index is 888. The number of hydrogen-bond acceptors (Lipinski definition) is 4. The number of aryl methyl sites for hydroxylation is 1. The molecule has 0 fully saturated rings. The molecule has 3 rings (SSSR count). The van der Waals surface area contributed by atoms with Gasteiger partial charge in [0.05, 0.1) is 12.3 Å². The lowest BCUT2D eigenvalue weighted by atomic mass is 10.1. The summed E-state index contributed by atoms with van der Waals surface area (Å²) >= 11 is 0. The summed E-state index contributed by atoms with van der Waals surface area (Å²) in [5.74, 6) is 0.697. The molecule has 0 saturated carbocycles. The van der Waals surface area contributed by atoms with Crippen LogP contribution in [-0.2, 0) is 7.05 Å². The van der Waals surface area contributed by atoms with Crippen molar-refractivity contribution in [2.45, 2.75) is 13.8 Å². The van der Waals surface area contributed by atoms with Crippen LogP contribution in [-0.4, -0.2) is 27.3 Å². The number of carbonyl (C=O) groups excluding carboxylic acids is 1. The van der Waals surface area contributed by atoms with Crippen molar-refractivity contribution in [1.29, 1.82) is 0 Å². The first-order valence-corrected chi connectivity index (χ1v) is 8.10. The molecule has 0 spiro atoms. The van der Waals surface area contributed by atoms with Gasteiger partial charge in [-0.15, -0.1) is 0 Å². The van der Waals surface area contributed by atoms with Crippen LogP contribution in [0.2, 0.25) is 0 Å². The van der Waals surface area contributed by atoms with Gasteiger partial charge in [0.2, 0.25) is 5.88 Å². The zero-order valence-electron chi connectivity index (χ0n) is 14.5. The van der Waals surface area contributed by atoms with E-state index >= 15 is 0 Å². The lowest BCUT2D eigenvalue weighted by Gasteiger charge is -2.10. The van der Waals surface area contributed by atoms with Gasteiger partial charge >= 0.3 is 0 Å². The van der Waals surface area contributed by atoms with Gasteiger partial charge in [-0.3, -0.25) is 9.48 Å². The van der Waals surface area contributed by atoms with Crippen molar-refractivity contribution in [2.24, 2.45) is 7.05 Å². The largest absolute Gasteiger partial charge is 0.477 e. The van der Waals surface area contributed by atoms with E-state index < -0.39 is 0 Å². The highest BCUT2D eigenvalue weighted by atomic mass is 16.5. The van der Waals surface area contributed by atoms with Crippen LogP contribution in [0.25, 0.3) is 11.3 Å². The highest BCUT2D eigenvalue weighted by Crippen LogP contribution is 2.28. The van der Waals surface area contributed by atoms with Crippen LogP contribution in [0, 0.1) is 6.92 Å². The van der Waals surface area contributed by atoms with Crippen LogP contribution in [0.1, 0.15) is 22.8 Å². The maximum atomic E-state index is 12.7. The van der Waals surface area contributed by atoms with Crippen molar-refractivity contribution >= 4 is 11.7 Å². The van der Waals surface area contributed by atoms with E-state index in [4.69, 9.17) is 4.74 Å². The van der Waals surface area contributed by atoms with Crippen LogP contribution in [0.3, 0.4) is 0 Å². The minimum absolute atomic E-state index is 0.276. The van der Waals surface area contributed by atoms with Gasteiger partial charge in [0.1, 0.15) is 11.4 Å². The van der Waals surface area contributed by atoms with Crippen LogP contribution in [0.5, 0.6) is 5.88 Å². The van der Waals surface area contributed by atoms with Crippen molar-refractivity contribution in [3.8, 4) is 17.1 Å². The first-order valence-electron chi connectivity index (χ1n) is 8.10. The summed E-state index contributed by atoms with van der Waals surface area (Å²) in [6.45, 7) is 4.24. The normalized spacial score (nSPS) is 10.5. The molecule has 0 aliphatic rings. The number of pyridine rings is 1. The van der Waals surface area contributed by atoms with E-state index in [0.717, 1.165) is 16.8 Å². The molecule has 25 heavy (non-hydrogen) atoms. The molecule has 6 nitrogen and oxygen atoms in total. The molecule has 2 aromatic heterocycles. The second-order valence-electron chi connectivity index (χ2n) is 5.56. The highest BCUT2D eigenvalue weighted by molar-refractivity contribution is 6.06. The number of rotatable bonds is 5. The summed E-state index contributed by atoms with van der Waals surface area (Å²) in [7, 11) is 1.81. The third-order valence-corrected chi connectivity index (χ3v) is 3.86. The Labute approximate surface area is 146 Å². The van der Waals surface area contributed by atoms with Crippen LogP contribution in [0.15, 0.2) is 48.7 Å². The van der Waals surface area contributed by atoms with E-state index in [1.807, 2.05) is 51.2 Å². The van der Waals surface area contributed by atoms with Crippen LogP contribution < -0.4 is 10.1 Å². The molecule has 3 aromatic rings. The topological polar surface area (TPSA) is 69.0 Å². The maximum absolute atomic E-state index is 12.7. The van der Waals surface area contributed by atoms with E-state index in [2.05, 4.69) is 15.4 Å².